The van der Waals surface area contributed by atoms with Crippen LogP contribution in [0.3, 0.4) is 0 Å². The molecule has 1 aromatic rings. The molecule has 0 amide bonds. The highest BCUT2D eigenvalue weighted by atomic mass is 32.2. The first kappa shape index (κ1) is 11.6. The number of allylic oxidation sites excluding steroid dienone is 2. The molecule has 0 unspecified atom stereocenters. The van der Waals surface area contributed by atoms with Gasteiger partial charge in [0, 0.05) is 15.4 Å². The second-order valence-corrected chi connectivity index (χ2v) is 5.30. The minimum atomic E-state index is -0.343. The summed E-state index contributed by atoms with van der Waals surface area (Å²) in [5.74, 6) is 0.208. The number of hydrogen-bond donors (Lipinski definition) is 1. The van der Waals surface area contributed by atoms with Crippen LogP contribution in [-0.2, 0) is 4.74 Å². The molecule has 1 aliphatic carbocycles. The summed E-state index contributed by atoms with van der Waals surface area (Å²) in [6.07, 6.45) is 3.66. The lowest BCUT2D eigenvalue weighted by Gasteiger charge is -2.17. The van der Waals surface area contributed by atoms with Gasteiger partial charge in [-0.1, -0.05) is 30.0 Å². The Hall–Kier alpha value is -1.52. The normalized spacial score (nSPS) is 18.5. The van der Waals surface area contributed by atoms with Gasteiger partial charge in [0.05, 0.1) is 12.2 Å². The van der Waals surface area contributed by atoms with Crippen molar-refractivity contribution in [2.24, 2.45) is 0 Å². The van der Waals surface area contributed by atoms with E-state index in [-0.39, 0.29) is 12.6 Å². The number of carbonyl (C=O) groups excluding carboxylic acids is 1. The number of thioether (sulfide) groups is 1. The molecule has 0 bridgehead atoms. The van der Waals surface area contributed by atoms with E-state index in [0.717, 1.165) is 22.6 Å². The highest BCUT2D eigenvalue weighted by molar-refractivity contribution is 8.03. The number of hydrogen-bond acceptors (Lipinski definition) is 4. The predicted molar refractivity (Wildman–Crippen MR) is 69.1 cm³/mol. The Morgan fingerprint density at radius 3 is 3.00 bits per heavy atom. The van der Waals surface area contributed by atoms with Crippen molar-refractivity contribution in [3.8, 4) is 0 Å². The second kappa shape index (κ2) is 4.63. The Morgan fingerprint density at radius 2 is 2.17 bits per heavy atom. The minimum Gasteiger partial charge on any atom is -0.422 e. The molecule has 1 N–H and O–H groups in total. The van der Waals surface area contributed by atoms with E-state index in [0.29, 0.717) is 16.9 Å². The number of aliphatic hydroxyl groups is 1. The van der Waals surface area contributed by atoms with Crippen LogP contribution in [0.4, 0.5) is 0 Å². The third-order valence-corrected chi connectivity index (χ3v) is 4.22. The molecule has 0 spiro atoms. The molecule has 18 heavy (non-hydrogen) atoms. The van der Waals surface area contributed by atoms with Crippen LogP contribution in [-0.4, -0.2) is 17.7 Å². The summed E-state index contributed by atoms with van der Waals surface area (Å²) < 4.78 is 5.44. The van der Waals surface area contributed by atoms with Gasteiger partial charge in [0.15, 0.2) is 0 Å². The maximum atomic E-state index is 12.0. The smallest absolute Gasteiger partial charge is 0.344 e. The summed E-state index contributed by atoms with van der Waals surface area (Å²) in [6, 6.07) is 7.43. The van der Waals surface area contributed by atoms with E-state index in [1.807, 2.05) is 24.3 Å². The van der Waals surface area contributed by atoms with Crippen molar-refractivity contribution in [1.82, 2.24) is 0 Å². The summed E-state index contributed by atoms with van der Waals surface area (Å²) in [4.78, 5) is 14.0. The van der Waals surface area contributed by atoms with Crippen molar-refractivity contribution in [3.05, 3.63) is 52.1 Å². The summed E-state index contributed by atoms with van der Waals surface area (Å²) in [6.45, 7) is -0.0942. The van der Waals surface area contributed by atoms with Crippen LogP contribution in [0, 0.1) is 0 Å². The lowest BCUT2D eigenvalue weighted by atomic mass is 10.1. The van der Waals surface area contributed by atoms with Crippen molar-refractivity contribution < 1.29 is 14.6 Å². The van der Waals surface area contributed by atoms with Crippen LogP contribution in [0.25, 0.3) is 0 Å². The maximum Gasteiger partial charge on any atom is 0.344 e. The fraction of sp³-hybridized carbons (Fsp3) is 0.214. The first-order valence-corrected chi connectivity index (χ1v) is 6.63. The molecule has 1 heterocycles. The fourth-order valence-electron chi connectivity index (χ4n) is 2.12. The molecule has 3 rings (SSSR count). The van der Waals surface area contributed by atoms with Crippen molar-refractivity contribution in [1.29, 1.82) is 0 Å². The van der Waals surface area contributed by atoms with Crippen LogP contribution in [0.2, 0.25) is 0 Å². The first-order valence-electron chi connectivity index (χ1n) is 5.82. The average molecular weight is 260 g/mol. The molecule has 92 valence electrons. The molecular weight excluding hydrogens is 248 g/mol. The minimum absolute atomic E-state index is 0.0942. The van der Waals surface area contributed by atoms with Gasteiger partial charge in [0.2, 0.25) is 0 Å². The Bertz CT molecular complexity index is 572. The fourth-order valence-corrected chi connectivity index (χ4v) is 3.28. The number of esters is 1. The zero-order chi connectivity index (χ0) is 12.5. The Labute approximate surface area is 109 Å². The van der Waals surface area contributed by atoms with Crippen molar-refractivity contribution in [3.63, 3.8) is 0 Å². The van der Waals surface area contributed by atoms with Crippen LogP contribution < -0.4 is 0 Å². The molecule has 4 heteroatoms. The van der Waals surface area contributed by atoms with E-state index in [2.05, 4.69) is 0 Å². The van der Waals surface area contributed by atoms with Gasteiger partial charge in [0.1, 0.15) is 5.76 Å². The topological polar surface area (TPSA) is 46.5 Å². The molecule has 1 aliphatic heterocycles. The molecule has 0 atom stereocenters. The van der Waals surface area contributed by atoms with Crippen molar-refractivity contribution >= 4 is 17.7 Å². The first-order chi connectivity index (χ1) is 8.79. The van der Waals surface area contributed by atoms with E-state index in [1.54, 1.807) is 17.8 Å². The standard InChI is InChI=1S/C14H12O3S/c15-8-9-4-3-7-12-13(9)17-14(16)10-5-1-2-6-11(10)18-12/h1-2,4-6,15H,3,7-8H2. The van der Waals surface area contributed by atoms with E-state index in [9.17, 15) is 9.90 Å². The molecule has 0 saturated carbocycles. The molecule has 1 aromatic carbocycles. The number of carbonyl (C=O) groups is 1. The molecule has 2 aliphatic rings. The maximum absolute atomic E-state index is 12.0. The van der Waals surface area contributed by atoms with E-state index in [1.165, 1.54) is 0 Å². The monoisotopic (exact) mass is 260 g/mol. The Balaban J connectivity index is 2.08. The number of fused-ring (bicyclic) bond motifs is 1. The average Bonchev–Trinajstić information content (AvgIpc) is 2.54. The van der Waals surface area contributed by atoms with Crippen molar-refractivity contribution in [2.45, 2.75) is 17.7 Å². The van der Waals surface area contributed by atoms with Crippen molar-refractivity contribution in [2.75, 3.05) is 6.61 Å². The highest BCUT2D eigenvalue weighted by Gasteiger charge is 2.27. The van der Waals surface area contributed by atoms with Gasteiger partial charge in [-0.2, -0.15) is 0 Å². The summed E-state index contributed by atoms with van der Waals surface area (Å²) in [5.41, 5.74) is 1.30. The Kier molecular flexibility index (Phi) is 2.97. The summed E-state index contributed by atoms with van der Waals surface area (Å²) >= 11 is 1.57. The van der Waals surface area contributed by atoms with Crippen LogP contribution in [0.1, 0.15) is 23.2 Å². The SMILES string of the molecule is O=C1OC2=C(CCC=C2CO)Sc2ccccc21. The quantitative estimate of drug-likeness (QED) is 0.789. The van der Waals surface area contributed by atoms with Gasteiger partial charge < -0.3 is 9.84 Å². The highest BCUT2D eigenvalue weighted by Crippen LogP contribution is 2.42. The molecular formula is C14H12O3S. The van der Waals surface area contributed by atoms with E-state index < -0.39 is 0 Å². The predicted octanol–water partition coefficient (Wildman–Crippen LogP) is 2.87. The zero-order valence-electron chi connectivity index (χ0n) is 9.68. The third-order valence-electron chi connectivity index (χ3n) is 3.01. The molecule has 0 aromatic heterocycles. The lowest BCUT2D eigenvalue weighted by molar-refractivity contribution is 0.0623. The van der Waals surface area contributed by atoms with Gasteiger partial charge in [-0.3, -0.25) is 0 Å². The largest absolute Gasteiger partial charge is 0.422 e. The molecule has 0 fully saturated rings. The summed E-state index contributed by atoms with van der Waals surface area (Å²) in [5, 5.41) is 9.32. The van der Waals surface area contributed by atoms with E-state index >= 15 is 0 Å². The van der Waals surface area contributed by atoms with Gasteiger partial charge in [0.25, 0.3) is 0 Å². The van der Waals surface area contributed by atoms with Crippen LogP contribution in [0.15, 0.2) is 51.5 Å². The molecule has 3 nitrogen and oxygen atoms in total. The summed E-state index contributed by atoms with van der Waals surface area (Å²) in [7, 11) is 0. The van der Waals surface area contributed by atoms with E-state index in [4.69, 9.17) is 4.74 Å². The number of aliphatic hydroxyl groups excluding tert-OH is 1. The second-order valence-electron chi connectivity index (χ2n) is 4.17. The van der Waals surface area contributed by atoms with Gasteiger partial charge in [-0.05, 0) is 25.0 Å². The van der Waals surface area contributed by atoms with Crippen LogP contribution in [0.5, 0.6) is 0 Å². The van der Waals surface area contributed by atoms with Crippen LogP contribution >= 0.6 is 11.8 Å². The zero-order valence-corrected chi connectivity index (χ0v) is 10.5. The number of benzene rings is 1. The molecule has 0 saturated heterocycles. The Morgan fingerprint density at radius 1 is 1.33 bits per heavy atom. The van der Waals surface area contributed by atoms with Gasteiger partial charge in [-0.25, -0.2) is 4.79 Å². The van der Waals surface area contributed by atoms with Gasteiger partial charge >= 0.3 is 5.97 Å². The lowest BCUT2D eigenvalue weighted by Crippen LogP contribution is -2.10. The number of ether oxygens (including phenoxy) is 1. The third kappa shape index (κ3) is 1.87. The number of rotatable bonds is 1. The van der Waals surface area contributed by atoms with Gasteiger partial charge in [-0.15, -0.1) is 0 Å². The molecule has 0 radical (unpaired) electrons.